The van der Waals surface area contributed by atoms with Crippen LogP contribution in [0.3, 0.4) is 0 Å². The molecule has 15 heteroatoms. The normalized spacial score (nSPS) is 20.1. The predicted molar refractivity (Wildman–Crippen MR) is 186 cm³/mol. The van der Waals surface area contributed by atoms with Gasteiger partial charge in [-0.05, 0) is 45.5 Å². The van der Waals surface area contributed by atoms with Crippen molar-refractivity contribution in [1.29, 1.82) is 0 Å². The molecule has 0 aliphatic carbocycles. The van der Waals surface area contributed by atoms with Crippen LogP contribution in [0.1, 0.15) is 38.2 Å². The molecular weight excluding hydrogens is 659 g/mol. The molecule has 0 bridgehead atoms. The molecule has 13 nitrogen and oxygen atoms in total. The van der Waals surface area contributed by atoms with Gasteiger partial charge in [0.15, 0.2) is 0 Å². The summed E-state index contributed by atoms with van der Waals surface area (Å²) < 4.78 is 10.8. The first-order chi connectivity index (χ1) is 23.0. The molecule has 5 rings (SSSR count). The van der Waals surface area contributed by atoms with Crippen molar-refractivity contribution in [3.05, 3.63) is 40.5 Å². The van der Waals surface area contributed by atoms with Gasteiger partial charge in [-0.3, -0.25) is 19.4 Å². The van der Waals surface area contributed by atoms with E-state index in [0.717, 1.165) is 38.8 Å². The van der Waals surface area contributed by atoms with Crippen LogP contribution in [0, 0.1) is 5.92 Å². The summed E-state index contributed by atoms with van der Waals surface area (Å²) in [5.41, 5.74) is 0.909. The van der Waals surface area contributed by atoms with Crippen LogP contribution in [-0.4, -0.2) is 116 Å². The van der Waals surface area contributed by atoms with Crippen molar-refractivity contribution in [2.24, 2.45) is 5.92 Å². The van der Waals surface area contributed by atoms with Crippen LogP contribution < -0.4 is 24.6 Å². The number of carbonyl (C=O) groups excluding carboxylic acids is 3. The number of likely N-dealkylation sites (tertiary alicyclic amines) is 2. The zero-order chi connectivity index (χ0) is 34.7. The van der Waals surface area contributed by atoms with E-state index in [-0.39, 0.29) is 58.0 Å². The summed E-state index contributed by atoms with van der Waals surface area (Å²) in [5, 5.41) is 3.75. The first kappa shape index (κ1) is 35.5. The van der Waals surface area contributed by atoms with Gasteiger partial charge in [-0.1, -0.05) is 43.1 Å². The zero-order valence-electron chi connectivity index (χ0n) is 28.2. The van der Waals surface area contributed by atoms with E-state index in [1.807, 2.05) is 4.90 Å². The van der Waals surface area contributed by atoms with Crippen molar-refractivity contribution in [1.82, 2.24) is 24.7 Å². The Balaban J connectivity index is 1.42. The van der Waals surface area contributed by atoms with Crippen molar-refractivity contribution in [2.45, 2.75) is 51.2 Å². The summed E-state index contributed by atoms with van der Waals surface area (Å²) in [5.74, 6) is 1.19. The third-order valence-electron chi connectivity index (χ3n) is 9.42. The predicted octanol–water partition coefficient (Wildman–Crippen LogP) is 4.52. The number of rotatable bonds is 11. The summed E-state index contributed by atoms with van der Waals surface area (Å²) in [6.45, 7) is 8.99. The molecule has 1 N–H and O–H groups in total. The van der Waals surface area contributed by atoms with Crippen LogP contribution >= 0.6 is 23.2 Å². The molecule has 4 heterocycles. The minimum absolute atomic E-state index is 0.0473. The van der Waals surface area contributed by atoms with Crippen molar-refractivity contribution in [3.8, 4) is 11.5 Å². The molecule has 48 heavy (non-hydrogen) atoms. The Hall–Kier alpha value is -3.81. The maximum atomic E-state index is 13.8. The van der Waals surface area contributed by atoms with E-state index < -0.39 is 6.03 Å². The molecule has 4 amide bonds. The van der Waals surface area contributed by atoms with Gasteiger partial charge in [-0.15, -0.1) is 0 Å². The molecule has 3 aliphatic rings. The van der Waals surface area contributed by atoms with Gasteiger partial charge in [0.05, 0.1) is 38.5 Å². The Morgan fingerprint density at radius 2 is 1.79 bits per heavy atom. The van der Waals surface area contributed by atoms with E-state index >= 15 is 0 Å². The van der Waals surface area contributed by atoms with E-state index in [4.69, 9.17) is 37.7 Å². The molecule has 3 aliphatic heterocycles. The van der Waals surface area contributed by atoms with Gasteiger partial charge in [0, 0.05) is 50.4 Å². The Labute approximate surface area is 291 Å². The number of fused-ring (bicyclic) bond motifs is 1. The summed E-state index contributed by atoms with van der Waals surface area (Å²) in [6.07, 6.45) is 6.32. The van der Waals surface area contributed by atoms with Gasteiger partial charge in [0.25, 0.3) is 0 Å². The lowest BCUT2D eigenvalue weighted by atomic mass is 9.96. The topological polar surface area (TPSA) is 124 Å². The second kappa shape index (κ2) is 15.2. The van der Waals surface area contributed by atoms with E-state index in [9.17, 15) is 14.4 Å². The third-order valence-corrected chi connectivity index (χ3v) is 10.2. The van der Waals surface area contributed by atoms with Crippen LogP contribution in [0.15, 0.2) is 24.9 Å². The standard InChI is InChI=1S/C33H44Cl2N8O5/c1-7-9-12-42(26(44)8-2)23-19-41(31(45)20-10-13-39(3)14-11-20)18-22(23)37-32-36-16-21-17-43(33(46)40(4)30(21)38-32)29-27(34)24(47-5)15-25(48-6)28(29)35/h8,15-16,20,22-23H,2,7,9-14,17-19H2,1,3-6H3,(H,36,37,38). The van der Waals surface area contributed by atoms with Gasteiger partial charge in [-0.25, -0.2) is 9.78 Å². The molecule has 2 saturated heterocycles. The number of methoxy groups -OCH3 is 2. The second-order valence-electron chi connectivity index (χ2n) is 12.5. The van der Waals surface area contributed by atoms with Crippen molar-refractivity contribution >= 4 is 58.5 Å². The highest BCUT2D eigenvalue weighted by Gasteiger charge is 2.42. The van der Waals surface area contributed by atoms with Crippen molar-refractivity contribution < 1.29 is 23.9 Å². The summed E-state index contributed by atoms with van der Waals surface area (Å²) in [7, 11) is 6.61. The average Bonchev–Trinajstić information content (AvgIpc) is 3.50. The van der Waals surface area contributed by atoms with E-state index in [1.54, 1.807) is 24.2 Å². The van der Waals surface area contributed by atoms with Gasteiger partial charge >= 0.3 is 6.03 Å². The molecule has 2 atom stereocenters. The lowest BCUT2D eigenvalue weighted by Gasteiger charge is -2.35. The number of piperidine rings is 1. The van der Waals surface area contributed by atoms with Gasteiger partial charge < -0.3 is 29.5 Å². The van der Waals surface area contributed by atoms with E-state index in [0.29, 0.717) is 42.5 Å². The molecule has 2 fully saturated rings. The molecule has 260 valence electrons. The maximum Gasteiger partial charge on any atom is 0.330 e. The number of urea groups is 1. The quantitative estimate of drug-likeness (QED) is 0.337. The highest BCUT2D eigenvalue weighted by Crippen LogP contribution is 2.47. The van der Waals surface area contributed by atoms with Crippen LogP contribution in [0.25, 0.3) is 0 Å². The van der Waals surface area contributed by atoms with Crippen molar-refractivity contribution in [2.75, 3.05) is 76.2 Å². The molecule has 2 unspecified atom stereocenters. The fourth-order valence-corrected chi connectivity index (χ4v) is 7.36. The summed E-state index contributed by atoms with van der Waals surface area (Å²) >= 11 is 13.3. The maximum absolute atomic E-state index is 13.8. The number of ether oxygens (including phenoxy) is 2. The average molecular weight is 704 g/mol. The highest BCUT2D eigenvalue weighted by atomic mass is 35.5. The summed E-state index contributed by atoms with van der Waals surface area (Å²) in [4.78, 5) is 58.7. The van der Waals surface area contributed by atoms with Crippen LogP contribution in [0.4, 0.5) is 22.2 Å². The number of carbonyl (C=O) groups is 3. The Kier molecular flexibility index (Phi) is 11.2. The van der Waals surface area contributed by atoms with Crippen LogP contribution in [0.5, 0.6) is 11.5 Å². The largest absolute Gasteiger partial charge is 0.495 e. The van der Waals surface area contributed by atoms with E-state index in [1.165, 1.54) is 30.1 Å². The minimum atomic E-state index is -0.415. The fraction of sp³-hybridized carbons (Fsp3) is 0.545. The number of halogens is 2. The SMILES string of the molecule is C=CC(=O)N(CCCC)C1CN(C(=O)C2CCN(C)CC2)CC1Nc1ncc2c(n1)N(C)C(=O)N(c1c(Cl)c(OC)cc(OC)c1Cl)C2. The first-order valence-corrected chi connectivity index (χ1v) is 17.0. The molecule has 1 aromatic carbocycles. The number of anilines is 3. The Morgan fingerprint density at radius 3 is 2.40 bits per heavy atom. The Bertz CT molecular complexity index is 1520. The zero-order valence-corrected chi connectivity index (χ0v) is 29.7. The molecule has 2 aromatic rings. The minimum Gasteiger partial charge on any atom is -0.495 e. The number of benzene rings is 1. The number of unbranched alkanes of at least 4 members (excludes halogenated alkanes) is 1. The lowest BCUT2D eigenvalue weighted by molar-refractivity contribution is -0.137. The number of aromatic nitrogens is 2. The molecule has 0 saturated carbocycles. The number of nitrogens with one attached hydrogen (secondary N) is 1. The second-order valence-corrected chi connectivity index (χ2v) is 13.2. The van der Waals surface area contributed by atoms with Gasteiger partial charge in [0.1, 0.15) is 27.4 Å². The summed E-state index contributed by atoms with van der Waals surface area (Å²) in [6, 6.07) is 0.481. The number of amides is 4. The molecule has 0 spiro atoms. The molecule has 0 radical (unpaired) electrons. The first-order valence-electron chi connectivity index (χ1n) is 16.2. The van der Waals surface area contributed by atoms with E-state index in [2.05, 4.69) is 35.8 Å². The van der Waals surface area contributed by atoms with Gasteiger partial charge in [-0.2, -0.15) is 4.98 Å². The van der Waals surface area contributed by atoms with Crippen LogP contribution in [-0.2, 0) is 16.1 Å². The third kappa shape index (κ3) is 6.99. The number of hydrogen-bond acceptors (Lipinski definition) is 9. The molecule has 1 aromatic heterocycles. The van der Waals surface area contributed by atoms with Crippen molar-refractivity contribution in [3.63, 3.8) is 0 Å². The smallest absolute Gasteiger partial charge is 0.330 e. The lowest BCUT2D eigenvalue weighted by Crippen LogP contribution is -2.49. The van der Waals surface area contributed by atoms with Crippen LogP contribution in [0.2, 0.25) is 10.0 Å². The number of hydrogen-bond donors (Lipinski definition) is 1. The Morgan fingerprint density at radius 1 is 1.12 bits per heavy atom. The monoisotopic (exact) mass is 702 g/mol. The van der Waals surface area contributed by atoms with Gasteiger partial charge in [0.2, 0.25) is 17.8 Å². The number of nitrogens with zero attached hydrogens (tertiary/aromatic N) is 7. The fourth-order valence-electron chi connectivity index (χ4n) is 6.65. The highest BCUT2D eigenvalue weighted by molar-refractivity contribution is 6.42. The molecular formula is C33H44Cl2N8O5.